The van der Waals surface area contributed by atoms with E-state index in [4.69, 9.17) is 0 Å². The lowest BCUT2D eigenvalue weighted by Crippen LogP contribution is -2.41. The van der Waals surface area contributed by atoms with Crippen LogP contribution >= 0.6 is 0 Å². The van der Waals surface area contributed by atoms with Crippen molar-refractivity contribution in [2.45, 2.75) is 64.3 Å². The Morgan fingerprint density at radius 2 is 1.92 bits per heavy atom. The molecular weight excluding hydrogens is 312 g/mol. The minimum absolute atomic E-state index is 0.0595. The van der Waals surface area contributed by atoms with Gasteiger partial charge in [0.15, 0.2) is 0 Å². The van der Waals surface area contributed by atoms with Crippen LogP contribution in [0.5, 0.6) is 0 Å². The first-order chi connectivity index (χ1) is 12.2. The second-order valence-corrected chi connectivity index (χ2v) is 7.41. The number of carbonyl (C=O) groups is 2. The van der Waals surface area contributed by atoms with E-state index in [1.165, 1.54) is 11.1 Å². The van der Waals surface area contributed by atoms with Crippen LogP contribution in [0, 0.1) is 5.92 Å². The largest absolute Gasteiger partial charge is 0.349 e. The molecule has 2 aliphatic rings. The number of carbonyl (C=O) groups excluding carboxylic acids is 2. The van der Waals surface area contributed by atoms with E-state index in [9.17, 15) is 9.59 Å². The molecule has 4 heteroatoms. The lowest BCUT2D eigenvalue weighted by molar-refractivity contribution is -0.138. The zero-order valence-corrected chi connectivity index (χ0v) is 15.3. The van der Waals surface area contributed by atoms with Crippen LogP contribution in [0.15, 0.2) is 24.3 Å². The minimum atomic E-state index is 0.0595. The molecule has 0 spiro atoms. The normalized spacial score (nSPS) is 19.6. The van der Waals surface area contributed by atoms with Crippen molar-refractivity contribution in [2.24, 2.45) is 5.92 Å². The van der Waals surface area contributed by atoms with Crippen LogP contribution < -0.4 is 5.32 Å². The van der Waals surface area contributed by atoms with Crippen molar-refractivity contribution < 1.29 is 9.59 Å². The summed E-state index contributed by atoms with van der Waals surface area (Å²) >= 11 is 0. The average molecular weight is 342 g/mol. The number of hydrogen-bond donors (Lipinski definition) is 1. The Labute approximate surface area is 151 Å². The van der Waals surface area contributed by atoms with Crippen molar-refractivity contribution in [2.75, 3.05) is 13.1 Å². The number of aryl methyl sites for hydroxylation is 1. The van der Waals surface area contributed by atoms with Gasteiger partial charge in [-0.1, -0.05) is 37.6 Å². The highest BCUT2D eigenvalue weighted by Gasteiger charge is 2.29. The van der Waals surface area contributed by atoms with Gasteiger partial charge >= 0.3 is 0 Å². The third-order valence-electron chi connectivity index (χ3n) is 5.57. The first kappa shape index (κ1) is 18.0. The number of nitrogens with one attached hydrogen (secondary N) is 1. The summed E-state index contributed by atoms with van der Waals surface area (Å²) in [4.78, 5) is 26.8. The van der Waals surface area contributed by atoms with Crippen LogP contribution in [0.25, 0.3) is 0 Å². The second kappa shape index (κ2) is 8.50. The van der Waals surface area contributed by atoms with Crippen LogP contribution in [-0.2, 0) is 16.0 Å². The molecule has 0 aliphatic heterocycles. The van der Waals surface area contributed by atoms with E-state index in [0.717, 1.165) is 51.5 Å². The average Bonchev–Trinajstić information content (AvgIpc) is 2.57. The molecule has 3 rings (SSSR count). The summed E-state index contributed by atoms with van der Waals surface area (Å²) in [6.45, 7) is 3.39. The van der Waals surface area contributed by atoms with Gasteiger partial charge < -0.3 is 10.2 Å². The molecule has 0 aromatic heterocycles. The number of rotatable bonds is 7. The van der Waals surface area contributed by atoms with Gasteiger partial charge in [0, 0.05) is 25.4 Å². The quantitative estimate of drug-likeness (QED) is 0.823. The van der Waals surface area contributed by atoms with Crippen LogP contribution in [0.4, 0.5) is 0 Å². The van der Waals surface area contributed by atoms with Gasteiger partial charge in [-0.05, 0) is 49.7 Å². The molecule has 25 heavy (non-hydrogen) atoms. The zero-order chi connectivity index (χ0) is 17.6. The molecule has 1 aromatic carbocycles. The smallest absolute Gasteiger partial charge is 0.225 e. The van der Waals surface area contributed by atoms with Crippen LogP contribution in [0.2, 0.25) is 0 Å². The van der Waals surface area contributed by atoms with Crippen molar-refractivity contribution in [1.29, 1.82) is 0 Å². The summed E-state index contributed by atoms with van der Waals surface area (Å²) in [5.41, 5.74) is 2.62. The molecule has 2 amide bonds. The van der Waals surface area contributed by atoms with E-state index in [2.05, 4.69) is 30.4 Å². The van der Waals surface area contributed by atoms with Crippen LogP contribution in [0.3, 0.4) is 0 Å². The fraction of sp³-hybridized carbons (Fsp3) is 0.619. The highest BCUT2D eigenvalue weighted by atomic mass is 16.2. The van der Waals surface area contributed by atoms with Crippen LogP contribution in [0.1, 0.15) is 69.0 Å². The molecule has 0 radical (unpaired) electrons. The van der Waals surface area contributed by atoms with Crippen LogP contribution in [-0.4, -0.2) is 29.8 Å². The van der Waals surface area contributed by atoms with Crippen molar-refractivity contribution in [1.82, 2.24) is 10.2 Å². The lowest BCUT2D eigenvalue weighted by Gasteiger charge is -2.32. The van der Waals surface area contributed by atoms with E-state index in [0.29, 0.717) is 13.0 Å². The Balaban J connectivity index is 1.52. The molecule has 4 nitrogen and oxygen atoms in total. The predicted octanol–water partition coefficient (Wildman–Crippen LogP) is 3.61. The Hall–Kier alpha value is -1.84. The third-order valence-corrected chi connectivity index (χ3v) is 5.57. The van der Waals surface area contributed by atoms with Gasteiger partial charge in [0.25, 0.3) is 0 Å². The van der Waals surface area contributed by atoms with E-state index in [1.54, 1.807) is 0 Å². The molecule has 1 aromatic rings. The van der Waals surface area contributed by atoms with Gasteiger partial charge in [-0.2, -0.15) is 0 Å². The van der Waals surface area contributed by atoms with Gasteiger partial charge in [0.2, 0.25) is 11.8 Å². The van der Waals surface area contributed by atoms with Gasteiger partial charge in [0.05, 0.1) is 6.04 Å². The summed E-state index contributed by atoms with van der Waals surface area (Å²) in [6.07, 6.45) is 7.76. The Morgan fingerprint density at radius 1 is 1.12 bits per heavy atom. The monoisotopic (exact) mass is 342 g/mol. The number of hydrogen-bond acceptors (Lipinski definition) is 2. The van der Waals surface area contributed by atoms with Gasteiger partial charge in [0.1, 0.15) is 0 Å². The number of benzene rings is 1. The minimum Gasteiger partial charge on any atom is -0.349 e. The number of nitrogens with zero attached hydrogens (tertiary/aromatic N) is 1. The van der Waals surface area contributed by atoms with Gasteiger partial charge in [-0.15, -0.1) is 0 Å². The Morgan fingerprint density at radius 3 is 2.64 bits per heavy atom. The maximum Gasteiger partial charge on any atom is 0.225 e. The second-order valence-electron chi connectivity index (χ2n) is 7.41. The van der Waals surface area contributed by atoms with E-state index < -0.39 is 0 Å². The molecule has 1 fully saturated rings. The first-order valence-electron chi connectivity index (χ1n) is 9.85. The zero-order valence-electron chi connectivity index (χ0n) is 15.3. The molecule has 1 atom stereocenters. The standard InChI is InChI=1S/C21H30N2O2/c1-2-14-23(21(25)17-9-5-10-17)15-13-20(24)22-19-12-6-8-16-7-3-4-11-18(16)19/h3-4,7,11,17,19H,2,5-6,8-10,12-15H2,1H3,(H,22,24). The maximum atomic E-state index is 12.5. The predicted molar refractivity (Wildman–Crippen MR) is 99.1 cm³/mol. The molecule has 0 heterocycles. The van der Waals surface area contributed by atoms with Crippen molar-refractivity contribution in [3.63, 3.8) is 0 Å². The fourth-order valence-corrected chi connectivity index (χ4v) is 3.92. The summed E-state index contributed by atoms with van der Waals surface area (Å²) in [7, 11) is 0. The van der Waals surface area contributed by atoms with E-state index in [-0.39, 0.29) is 23.8 Å². The molecule has 0 saturated heterocycles. The molecule has 136 valence electrons. The van der Waals surface area contributed by atoms with Crippen molar-refractivity contribution in [3.05, 3.63) is 35.4 Å². The first-order valence-corrected chi connectivity index (χ1v) is 9.85. The molecule has 1 N–H and O–H groups in total. The Bertz CT molecular complexity index is 610. The lowest BCUT2D eigenvalue weighted by atomic mass is 9.84. The van der Waals surface area contributed by atoms with Crippen molar-refractivity contribution >= 4 is 11.8 Å². The highest BCUT2D eigenvalue weighted by molar-refractivity contribution is 5.81. The molecule has 1 saturated carbocycles. The maximum absolute atomic E-state index is 12.5. The van der Waals surface area contributed by atoms with Gasteiger partial charge in [-0.25, -0.2) is 0 Å². The molecule has 0 bridgehead atoms. The number of amides is 2. The van der Waals surface area contributed by atoms with E-state index >= 15 is 0 Å². The Kier molecular flexibility index (Phi) is 6.11. The highest BCUT2D eigenvalue weighted by Crippen LogP contribution is 2.30. The number of fused-ring (bicyclic) bond motifs is 1. The summed E-state index contributed by atoms with van der Waals surface area (Å²) in [5, 5.41) is 3.19. The van der Waals surface area contributed by atoms with Crippen molar-refractivity contribution in [3.8, 4) is 0 Å². The third kappa shape index (κ3) is 4.42. The molecule has 2 aliphatic carbocycles. The summed E-state index contributed by atoms with van der Waals surface area (Å²) < 4.78 is 0. The van der Waals surface area contributed by atoms with Gasteiger partial charge in [-0.3, -0.25) is 9.59 Å². The topological polar surface area (TPSA) is 49.4 Å². The summed E-state index contributed by atoms with van der Waals surface area (Å²) in [6, 6.07) is 8.53. The fourth-order valence-electron chi connectivity index (χ4n) is 3.92. The van der Waals surface area contributed by atoms with E-state index in [1.807, 2.05) is 11.0 Å². The SMILES string of the molecule is CCCN(CCC(=O)NC1CCCc2ccccc21)C(=O)C1CCC1. The molecule has 1 unspecified atom stereocenters. The molecular formula is C21H30N2O2. The summed E-state index contributed by atoms with van der Waals surface area (Å²) in [5.74, 6) is 0.521.